The van der Waals surface area contributed by atoms with Crippen LogP contribution in [0.15, 0.2) is 17.3 Å². The summed E-state index contributed by atoms with van der Waals surface area (Å²) in [4.78, 5) is 33.7. The third-order valence-corrected chi connectivity index (χ3v) is 2.00. The van der Waals surface area contributed by atoms with Crippen molar-refractivity contribution < 1.29 is 19.5 Å². The Labute approximate surface area is 82.8 Å². The van der Waals surface area contributed by atoms with E-state index in [1.165, 1.54) is 12.3 Å². The predicted octanol–water partition coefficient (Wildman–Crippen LogP) is 0.0351. The van der Waals surface area contributed by atoms with Crippen LogP contribution in [0, 0.1) is 0 Å². The van der Waals surface area contributed by atoms with Crippen molar-refractivity contribution in [3.05, 3.63) is 17.8 Å². The van der Waals surface area contributed by atoms with Gasteiger partial charge in [-0.05, 0) is 6.07 Å². The molecule has 7 heteroatoms. The highest BCUT2D eigenvalue weighted by atomic mass is 32.2. The summed E-state index contributed by atoms with van der Waals surface area (Å²) in [5, 5.41) is 8.87. The molecule has 0 saturated heterocycles. The third kappa shape index (κ3) is 2.36. The van der Waals surface area contributed by atoms with Gasteiger partial charge in [0, 0.05) is 23.7 Å². The number of Topliss-reactive ketones (excluding diaryl/α,β-unsaturated/α-hetero) is 1. The number of H-pyrrole nitrogens is 1. The molecule has 0 aliphatic heterocycles. The number of carbonyl (C=O) groups is 3. The molecule has 1 aromatic heterocycles. The maximum atomic E-state index is 10.9. The van der Waals surface area contributed by atoms with Crippen LogP contribution < -0.4 is 4.72 Å². The molecule has 0 spiro atoms. The van der Waals surface area contributed by atoms with Crippen molar-refractivity contribution in [2.24, 2.45) is 0 Å². The minimum Gasteiger partial charge on any atom is -0.475 e. The van der Waals surface area contributed by atoms with Gasteiger partial charge in [0.2, 0.25) is 6.41 Å². The zero-order valence-corrected chi connectivity index (χ0v) is 7.63. The van der Waals surface area contributed by atoms with Crippen LogP contribution in [-0.2, 0) is 9.59 Å². The van der Waals surface area contributed by atoms with Crippen molar-refractivity contribution >= 4 is 30.1 Å². The number of carboxylic acids is 1. The number of amides is 1. The lowest BCUT2D eigenvalue weighted by atomic mass is 10.2. The van der Waals surface area contributed by atoms with Crippen molar-refractivity contribution in [2.75, 3.05) is 0 Å². The van der Waals surface area contributed by atoms with Crippen LogP contribution in [0.3, 0.4) is 0 Å². The first-order valence-electron chi connectivity index (χ1n) is 3.47. The minimum atomic E-state index is -1.51. The Kier molecular flexibility index (Phi) is 3.29. The summed E-state index contributed by atoms with van der Waals surface area (Å²) in [6.07, 6.45) is 1.75. The fourth-order valence-corrected chi connectivity index (χ4v) is 1.25. The SMILES string of the molecule is O=CNSc1cc(C(=O)C(=O)O)c[nH]1. The van der Waals surface area contributed by atoms with E-state index in [-0.39, 0.29) is 5.56 Å². The quantitative estimate of drug-likeness (QED) is 0.278. The van der Waals surface area contributed by atoms with E-state index in [0.717, 1.165) is 11.9 Å². The molecular formula is C7H6N2O4S. The fraction of sp³-hybridized carbons (Fsp3) is 0. The molecule has 0 fully saturated rings. The summed E-state index contributed by atoms with van der Waals surface area (Å²) in [6.45, 7) is 0. The van der Waals surface area contributed by atoms with Gasteiger partial charge in [0.05, 0.1) is 5.03 Å². The van der Waals surface area contributed by atoms with Crippen molar-refractivity contribution in [2.45, 2.75) is 5.03 Å². The van der Waals surface area contributed by atoms with E-state index in [4.69, 9.17) is 5.11 Å². The van der Waals surface area contributed by atoms with Crippen molar-refractivity contribution in [3.63, 3.8) is 0 Å². The summed E-state index contributed by atoms with van der Waals surface area (Å²) in [5.41, 5.74) is 0.0488. The van der Waals surface area contributed by atoms with Crippen LogP contribution in [-0.4, -0.2) is 28.3 Å². The van der Waals surface area contributed by atoms with E-state index >= 15 is 0 Å². The molecule has 0 saturated carbocycles. The summed E-state index contributed by atoms with van der Waals surface area (Å²) in [7, 11) is 0. The van der Waals surface area contributed by atoms with Gasteiger partial charge < -0.3 is 10.1 Å². The lowest BCUT2D eigenvalue weighted by Gasteiger charge is -1.91. The highest BCUT2D eigenvalue weighted by Gasteiger charge is 2.15. The molecule has 6 nitrogen and oxygen atoms in total. The molecule has 0 aliphatic carbocycles. The van der Waals surface area contributed by atoms with Crippen LogP contribution in [0.5, 0.6) is 0 Å². The smallest absolute Gasteiger partial charge is 0.377 e. The standard InChI is InChI=1S/C7H6N2O4S/c10-3-9-14-5-1-4(2-8-5)6(11)7(12)13/h1-3,8H,(H,9,10)(H,12,13). The van der Waals surface area contributed by atoms with Gasteiger partial charge in [-0.3, -0.25) is 14.3 Å². The zero-order chi connectivity index (χ0) is 10.6. The largest absolute Gasteiger partial charge is 0.475 e. The molecule has 0 atom stereocenters. The number of rotatable bonds is 5. The van der Waals surface area contributed by atoms with Gasteiger partial charge in [0.1, 0.15) is 0 Å². The van der Waals surface area contributed by atoms with Gasteiger partial charge in [-0.2, -0.15) is 0 Å². The highest BCUT2D eigenvalue weighted by molar-refractivity contribution is 7.97. The molecule has 1 aromatic rings. The van der Waals surface area contributed by atoms with E-state index in [9.17, 15) is 14.4 Å². The zero-order valence-electron chi connectivity index (χ0n) is 6.81. The van der Waals surface area contributed by atoms with E-state index < -0.39 is 11.8 Å². The van der Waals surface area contributed by atoms with Crippen LogP contribution in [0.4, 0.5) is 0 Å². The molecule has 74 valence electrons. The average molecular weight is 214 g/mol. The Morgan fingerprint density at radius 1 is 1.57 bits per heavy atom. The highest BCUT2D eigenvalue weighted by Crippen LogP contribution is 2.14. The van der Waals surface area contributed by atoms with E-state index in [1.54, 1.807) is 0 Å². The molecule has 1 heterocycles. The van der Waals surface area contributed by atoms with Crippen molar-refractivity contribution in [1.29, 1.82) is 0 Å². The topological polar surface area (TPSA) is 99.3 Å². The predicted molar refractivity (Wildman–Crippen MR) is 47.8 cm³/mol. The number of hydrogen-bond acceptors (Lipinski definition) is 4. The molecular weight excluding hydrogens is 208 g/mol. The van der Waals surface area contributed by atoms with Crippen molar-refractivity contribution in [1.82, 2.24) is 9.71 Å². The van der Waals surface area contributed by atoms with Crippen LogP contribution in [0.25, 0.3) is 0 Å². The maximum Gasteiger partial charge on any atom is 0.377 e. The van der Waals surface area contributed by atoms with Gasteiger partial charge in [-0.15, -0.1) is 0 Å². The van der Waals surface area contributed by atoms with Gasteiger partial charge in [0.15, 0.2) is 0 Å². The Morgan fingerprint density at radius 2 is 2.29 bits per heavy atom. The Balaban J connectivity index is 2.72. The van der Waals surface area contributed by atoms with Crippen molar-refractivity contribution in [3.8, 4) is 0 Å². The summed E-state index contributed by atoms with van der Waals surface area (Å²) in [6, 6.07) is 1.34. The number of carbonyl (C=O) groups excluding carboxylic acids is 2. The minimum absolute atomic E-state index is 0.0488. The summed E-state index contributed by atoms with van der Waals surface area (Å²) in [5.74, 6) is -2.50. The number of aliphatic carboxylic acids is 1. The normalized spacial score (nSPS) is 9.43. The van der Waals surface area contributed by atoms with Gasteiger partial charge in [0.25, 0.3) is 5.78 Å². The summed E-state index contributed by atoms with van der Waals surface area (Å²) >= 11 is 0.952. The van der Waals surface area contributed by atoms with Gasteiger partial charge in [-0.25, -0.2) is 4.79 Å². The molecule has 14 heavy (non-hydrogen) atoms. The molecule has 3 N–H and O–H groups in total. The van der Waals surface area contributed by atoms with Gasteiger partial charge >= 0.3 is 5.97 Å². The molecule has 0 radical (unpaired) electrons. The lowest BCUT2D eigenvalue weighted by molar-refractivity contribution is -0.131. The first kappa shape index (κ1) is 10.3. The van der Waals surface area contributed by atoms with Gasteiger partial charge in [-0.1, -0.05) is 0 Å². The molecule has 0 aliphatic rings. The summed E-state index contributed by atoms with van der Waals surface area (Å²) < 4.78 is 2.29. The Hall–Kier alpha value is -1.76. The maximum absolute atomic E-state index is 10.9. The van der Waals surface area contributed by atoms with Crippen LogP contribution in [0.2, 0.25) is 0 Å². The molecule has 1 amide bonds. The fourth-order valence-electron chi connectivity index (χ4n) is 0.774. The van der Waals surface area contributed by atoms with Crippen LogP contribution in [0.1, 0.15) is 10.4 Å². The van der Waals surface area contributed by atoms with Crippen LogP contribution >= 0.6 is 11.9 Å². The first-order valence-corrected chi connectivity index (χ1v) is 4.29. The Morgan fingerprint density at radius 3 is 2.86 bits per heavy atom. The number of hydrogen-bond donors (Lipinski definition) is 3. The number of ketones is 1. The Bertz CT molecular complexity index is 374. The second-order valence-corrected chi connectivity index (χ2v) is 3.10. The second-order valence-electron chi connectivity index (χ2n) is 2.22. The molecule has 0 unspecified atom stereocenters. The van der Waals surface area contributed by atoms with E-state index in [1.807, 2.05) is 0 Å². The lowest BCUT2D eigenvalue weighted by Crippen LogP contribution is -2.11. The third-order valence-electron chi connectivity index (χ3n) is 1.33. The second kappa shape index (κ2) is 4.47. The first-order chi connectivity index (χ1) is 6.65. The van der Waals surface area contributed by atoms with E-state index in [2.05, 4.69) is 9.71 Å². The number of nitrogens with one attached hydrogen (secondary N) is 2. The average Bonchev–Trinajstić information content (AvgIpc) is 2.61. The number of aromatic nitrogens is 1. The van der Waals surface area contributed by atoms with E-state index in [0.29, 0.717) is 11.4 Å². The number of aromatic amines is 1. The molecule has 0 aromatic carbocycles. The number of carboxylic acid groups (broad SMARTS) is 1. The monoisotopic (exact) mass is 214 g/mol. The molecule has 1 rings (SSSR count). The molecule has 0 bridgehead atoms.